The lowest BCUT2D eigenvalue weighted by Crippen LogP contribution is -2.41. The van der Waals surface area contributed by atoms with Crippen molar-refractivity contribution < 1.29 is 9.53 Å². The van der Waals surface area contributed by atoms with Crippen LogP contribution in [0.1, 0.15) is 33.5 Å². The van der Waals surface area contributed by atoms with Crippen LogP contribution in [0.15, 0.2) is 6.07 Å². The highest BCUT2D eigenvalue weighted by Gasteiger charge is 2.20. The Balaban J connectivity index is 2.02. The summed E-state index contributed by atoms with van der Waals surface area (Å²) in [5.74, 6) is 4.95. The number of carbonyl (C=O) groups excluding carboxylic acids is 1. The predicted molar refractivity (Wildman–Crippen MR) is 76.0 cm³/mol. The minimum Gasteiger partial charge on any atom is -0.376 e. The van der Waals surface area contributed by atoms with Crippen LogP contribution in [0.25, 0.3) is 0 Å². The molecule has 6 heteroatoms. The summed E-state index contributed by atoms with van der Waals surface area (Å²) in [7, 11) is 0. The molecule has 1 saturated heterocycles. The third-order valence-corrected chi connectivity index (χ3v) is 4.54. The summed E-state index contributed by atoms with van der Waals surface area (Å²) in [6.07, 6.45) is 1.37. The molecule has 19 heavy (non-hydrogen) atoms. The number of hydrogen-bond acceptors (Lipinski definition) is 5. The van der Waals surface area contributed by atoms with Crippen molar-refractivity contribution in [2.45, 2.75) is 32.9 Å². The van der Waals surface area contributed by atoms with Crippen molar-refractivity contribution in [1.29, 1.82) is 0 Å². The monoisotopic (exact) mass is 283 g/mol. The molecule has 1 aliphatic heterocycles. The molecular weight excluding hydrogens is 262 g/mol. The fourth-order valence-electron chi connectivity index (χ4n) is 2.27. The van der Waals surface area contributed by atoms with Crippen molar-refractivity contribution in [3.05, 3.63) is 21.4 Å². The molecule has 0 saturated carbocycles. The van der Waals surface area contributed by atoms with Crippen molar-refractivity contribution in [3.63, 3.8) is 0 Å². The van der Waals surface area contributed by atoms with E-state index in [1.54, 1.807) is 0 Å². The van der Waals surface area contributed by atoms with Crippen LogP contribution in [0.4, 0.5) is 0 Å². The summed E-state index contributed by atoms with van der Waals surface area (Å²) in [5, 5.41) is 0. The summed E-state index contributed by atoms with van der Waals surface area (Å²) in [6.45, 7) is 7.77. The van der Waals surface area contributed by atoms with Gasteiger partial charge >= 0.3 is 0 Å². The molecule has 0 aliphatic carbocycles. The molecule has 0 aromatic carbocycles. The first kappa shape index (κ1) is 14.5. The van der Waals surface area contributed by atoms with Gasteiger partial charge in [0.25, 0.3) is 5.91 Å². The molecule has 2 rings (SSSR count). The molecular formula is C13H21N3O2S. The number of nitrogens with zero attached hydrogens (tertiary/aromatic N) is 1. The summed E-state index contributed by atoms with van der Waals surface area (Å²) >= 11 is 1.49. The Morgan fingerprint density at radius 2 is 2.47 bits per heavy atom. The second kappa shape index (κ2) is 6.47. The van der Waals surface area contributed by atoms with Gasteiger partial charge in [-0.3, -0.25) is 15.1 Å². The Kier molecular flexibility index (Phi) is 4.93. The standard InChI is InChI=1S/C13H21N3O2S/c1-3-11-8-16(4-5-18-11)7-10-6-12(13(17)15-14)19-9(10)2/h6,11H,3-5,7-8,14H2,1-2H3,(H,15,17). The summed E-state index contributed by atoms with van der Waals surface area (Å²) < 4.78 is 5.67. The first-order valence-electron chi connectivity index (χ1n) is 6.58. The highest BCUT2D eigenvalue weighted by molar-refractivity contribution is 7.14. The maximum Gasteiger partial charge on any atom is 0.275 e. The second-order valence-corrected chi connectivity index (χ2v) is 6.06. The number of hydrogen-bond donors (Lipinski definition) is 2. The fourth-order valence-corrected chi connectivity index (χ4v) is 3.21. The topological polar surface area (TPSA) is 67.6 Å². The Morgan fingerprint density at radius 3 is 3.16 bits per heavy atom. The molecule has 3 N–H and O–H groups in total. The molecule has 0 spiro atoms. The number of aryl methyl sites for hydroxylation is 1. The number of hydrazine groups is 1. The van der Waals surface area contributed by atoms with Gasteiger partial charge in [0.15, 0.2) is 0 Å². The van der Waals surface area contributed by atoms with Crippen LogP contribution >= 0.6 is 11.3 Å². The summed E-state index contributed by atoms with van der Waals surface area (Å²) in [5.41, 5.74) is 3.39. The quantitative estimate of drug-likeness (QED) is 0.496. The zero-order valence-electron chi connectivity index (χ0n) is 11.4. The molecule has 0 radical (unpaired) electrons. The van der Waals surface area contributed by atoms with Crippen LogP contribution in [0.2, 0.25) is 0 Å². The Bertz CT molecular complexity index is 447. The van der Waals surface area contributed by atoms with Crippen molar-refractivity contribution in [3.8, 4) is 0 Å². The van der Waals surface area contributed by atoms with E-state index in [2.05, 4.69) is 17.2 Å². The minimum atomic E-state index is -0.215. The largest absolute Gasteiger partial charge is 0.376 e. The van der Waals surface area contributed by atoms with Crippen LogP contribution in [0.5, 0.6) is 0 Å². The molecule has 1 fully saturated rings. The molecule has 5 nitrogen and oxygen atoms in total. The SMILES string of the molecule is CCC1CN(Cc2cc(C(=O)NN)sc2C)CCO1. The van der Waals surface area contributed by atoms with Crippen molar-refractivity contribution >= 4 is 17.2 Å². The Hall–Kier alpha value is -0.950. The number of ether oxygens (including phenoxy) is 1. The lowest BCUT2D eigenvalue weighted by Gasteiger charge is -2.32. The van der Waals surface area contributed by atoms with Crippen LogP contribution in [0, 0.1) is 6.92 Å². The Labute approximate surface area is 117 Å². The number of carbonyl (C=O) groups is 1. The van der Waals surface area contributed by atoms with E-state index in [0.717, 1.165) is 32.7 Å². The van der Waals surface area contributed by atoms with E-state index < -0.39 is 0 Å². The van der Waals surface area contributed by atoms with Gasteiger partial charge in [-0.2, -0.15) is 0 Å². The van der Waals surface area contributed by atoms with Gasteiger partial charge < -0.3 is 4.74 Å². The lowest BCUT2D eigenvalue weighted by atomic mass is 10.2. The number of nitrogens with one attached hydrogen (secondary N) is 1. The number of nitrogen functional groups attached to an aromatic ring is 1. The van der Waals surface area contributed by atoms with Gasteiger partial charge in [-0.25, -0.2) is 5.84 Å². The lowest BCUT2D eigenvalue weighted by molar-refractivity contribution is -0.0324. The van der Waals surface area contributed by atoms with Crippen LogP contribution in [0.3, 0.4) is 0 Å². The molecule has 0 bridgehead atoms. The van der Waals surface area contributed by atoms with E-state index in [0.29, 0.717) is 11.0 Å². The number of amides is 1. The molecule has 1 aromatic heterocycles. The van der Waals surface area contributed by atoms with Crippen molar-refractivity contribution in [2.75, 3.05) is 19.7 Å². The molecule has 1 amide bonds. The maximum atomic E-state index is 11.5. The fraction of sp³-hybridized carbons (Fsp3) is 0.615. The van der Waals surface area contributed by atoms with Crippen molar-refractivity contribution in [2.24, 2.45) is 5.84 Å². The normalized spacial score (nSPS) is 20.5. The number of nitrogens with two attached hydrogens (primary N) is 1. The molecule has 1 aliphatic rings. The zero-order valence-corrected chi connectivity index (χ0v) is 12.3. The van der Waals surface area contributed by atoms with Gasteiger partial charge in [-0.1, -0.05) is 6.92 Å². The van der Waals surface area contributed by atoms with E-state index in [1.165, 1.54) is 21.8 Å². The van der Waals surface area contributed by atoms with E-state index in [-0.39, 0.29) is 5.91 Å². The van der Waals surface area contributed by atoms with Gasteiger partial charge in [0.2, 0.25) is 0 Å². The molecule has 1 unspecified atom stereocenters. The van der Waals surface area contributed by atoms with E-state index in [4.69, 9.17) is 10.6 Å². The van der Waals surface area contributed by atoms with Crippen LogP contribution in [-0.2, 0) is 11.3 Å². The summed E-state index contributed by atoms with van der Waals surface area (Å²) in [4.78, 5) is 15.8. The average Bonchev–Trinajstić information content (AvgIpc) is 2.79. The number of rotatable bonds is 4. The first-order chi connectivity index (χ1) is 9.13. The van der Waals surface area contributed by atoms with Gasteiger partial charge in [0.1, 0.15) is 0 Å². The maximum absolute atomic E-state index is 11.5. The number of morpholine rings is 1. The highest BCUT2D eigenvalue weighted by atomic mass is 32.1. The minimum absolute atomic E-state index is 0.215. The highest BCUT2D eigenvalue weighted by Crippen LogP contribution is 2.23. The number of thiophene rings is 1. The molecule has 1 atom stereocenters. The van der Waals surface area contributed by atoms with Gasteiger partial charge in [0.05, 0.1) is 17.6 Å². The van der Waals surface area contributed by atoms with Crippen LogP contribution < -0.4 is 11.3 Å². The molecule has 106 valence electrons. The van der Waals surface area contributed by atoms with Crippen LogP contribution in [-0.4, -0.2) is 36.6 Å². The smallest absolute Gasteiger partial charge is 0.275 e. The van der Waals surface area contributed by atoms with E-state index in [1.807, 2.05) is 13.0 Å². The van der Waals surface area contributed by atoms with Gasteiger partial charge in [0, 0.05) is 24.5 Å². The summed E-state index contributed by atoms with van der Waals surface area (Å²) in [6, 6.07) is 1.94. The zero-order chi connectivity index (χ0) is 13.8. The second-order valence-electron chi connectivity index (χ2n) is 4.80. The predicted octanol–water partition coefficient (Wildman–Crippen LogP) is 1.27. The Morgan fingerprint density at radius 1 is 1.68 bits per heavy atom. The molecule has 1 aromatic rings. The van der Waals surface area contributed by atoms with Gasteiger partial charge in [-0.05, 0) is 25.0 Å². The van der Waals surface area contributed by atoms with Crippen molar-refractivity contribution in [1.82, 2.24) is 10.3 Å². The van der Waals surface area contributed by atoms with E-state index in [9.17, 15) is 4.79 Å². The van der Waals surface area contributed by atoms with Gasteiger partial charge in [-0.15, -0.1) is 11.3 Å². The third-order valence-electron chi connectivity index (χ3n) is 3.45. The third kappa shape index (κ3) is 3.54. The average molecular weight is 283 g/mol. The first-order valence-corrected chi connectivity index (χ1v) is 7.40. The van der Waals surface area contributed by atoms with E-state index >= 15 is 0 Å². The molecule has 2 heterocycles.